The number of nitrogen functional groups attached to an aromatic ring is 1. The van der Waals surface area contributed by atoms with Crippen molar-refractivity contribution in [1.82, 2.24) is 24.7 Å². The number of nitrogens with one attached hydrogen (secondary N) is 2. The molecule has 102 valence electrons. The lowest BCUT2D eigenvalue weighted by Gasteiger charge is -2.09. The third kappa shape index (κ3) is 3.54. The number of anilines is 3. The highest BCUT2D eigenvalue weighted by Gasteiger charge is 2.04. The molecular formula is C11H18N8. The summed E-state index contributed by atoms with van der Waals surface area (Å²) in [7, 11) is 1.89. The van der Waals surface area contributed by atoms with E-state index in [2.05, 4.69) is 37.7 Å². The average molecular weight is 262 g/mol. The Morgan fingerprint density at radius 3 is 2.63 bits per heavy atom. The van der Waals surface area contributed by atoms with Gasteiger partial charge < -0.3 is 20.9 Å². The monoisotopic (exact) mass is 262 g/mol. The Morgan fingerprint density at radius 1 is 1.26 bits per heavy atom. The number of hydrogen-bond donors (Lipinski definition) is 3. The molecule has 0 saturated carbocycles. The number of hydrogen-bond acceptors (Lipinski definition) is 7. The molecule has 0 aliphatic rings. The van der Waals surface area contributed by atoms with Gasteiger partial charge in [-0.3, -0.25) is 0 Å². The molecule has 0 unspecified atom stereocenters. The van der Waals surface area contributed by atoms with E-state index in [0.29, 0.717) is 12.4 Å². The van der Waals surface area contributed by atoms with Crippen molar-refractivity contribution in [2.24, 2.45) is 7.05 Å². The zero-order valence-corrected chi connectivity index (χ0v) is 11.1. The summed E-state index contributed by atoms with van der Waals surface area (Å²) in [6.45, 7) is 3.46. The molecule has 0 amide bonds. The van der Waals surface area contributed by atoms with Gasteiger partial charge in [-0.2, -0.15) is 9.97 Å². The second-order valence-corrected chi connectivity index (χ2v) is 4.14. The van der Waals surface area contributed by atoms with Gasteiger partial charge in [-0.1, -0.05) is 6.92 Å². The minimum absolute atomic E-state index is 0.238. The summed E-state index contributed by atoms with van der Waals surface area (Å²) in [5.74, 6) is 2.44. The Hall–Kier alpha value is -2.38. The molecule has 8 heteroatoms. The summed E-state index contributed by atoms with van der Waals surface area (Å²) in [6, 6.07) is 1.82. The minimum Gasteiger partial charge on any atom is -0.370 e. The van der Waals surface area contributed by atoms with Gasteiger partial charge in [-0.15, -0.1) is 10.2 Å². The molecule has 2 rings (SSSR count). The number of rotatable bonds is 6. The van der Waals surface area contributed by atoms with E-state index in [9.17, 15) is 0 Å². The van der Waals surface area contributed by atoms with E-state index < -0.39 is 0 Å². The number of nitrogens with two attached hydrogens (primary N) is 1. The second-order valence-electron chi connectivity index (χ2n) is 4.14. The van der Waals surface area contributed by atoms with Crippen LogP contribution in [-0.4, -0.2) is 31.3 Å². The molecule has 2 aromatic rings. The molecule has 0 atom stereocenters. The fraction of sp³-hybridized carbons (Fsp3) is 0.455. The fourth-order valence-corrected chi connectivity index (χ4v) is 1.54. The largest absolute Gasteiger partial charge is 0.370 e. The number of aromatic nitrogens is 5. The molecule has 0 aliphatic heterocycles. The van der Waals surface area contributed by atoms with Gasteiger partial charge in [0.05, 0.1) is 6.54 Å². The fourth-order valence-electron chi connectivity index (χ4n) is 1.54. The standard InChI is InChI=1S/C11H18N8/c1-3-4-13-8-5-9(17-11(12)16-8)14-6-10-18-15-7-19(10)2/h5,7H,3-4,6H2,1-2H3,(H4,12,13,14,16,17). The predicted molar refractivity (Wildman–Crippen MR) is 73.6 cm³/mol. The van der Waals surface area contributed by atoms with Crippen molar-refractivity contribution in [2.45, 2.75) is 19.9 Å². The third-order valence-electron chi connectivity index (χ3n) is 2.53. The van der Waals surface area contributed by atoms with E-state index in [1.165, 1.54) is 0 Å². The van der Waals surface area contributed by atoms with Crippen molar-refractivity contribution in [2.75, 3.05) is 22.9 Å². The normalized spacial score (nSPS) is 10.4. The van der Waals surface area contributed by atoms with Crippen LogP contribution in [-0.2, 0) is 13.6 Å². The first-order valence-electron chi connectivity index (χ1n) is 6.14. The quantitative estimate of drug-likeness (QED) is 0.700. The van der Waals surface area contributed by atoms with Crippen LogP contribution < -0.4 is 16.4 Å². The summed E-state index contributed by atoms with van der Waals surface area (Å²) in [6.07, 6.45) is 2.67. The highest BCUT2D eigenvalue weighted by atomic mass is 15.3. The first kappa shape index (κ1) is 13.1. The van der Waals surface area contributed by atoms with Crippen LogP contribution in [0.25, 0.3) is 0 Å². The Kier molecular flexibility index (Phi) is 4.11. The molecular weight excluding hydrogens is 244 g/mol. The van der Waals surface area contributed by atoms with Crippen molar-refractivity contribution < 1.29 is 0 Å². The van der Waals surface area contributed by atoms with Crippen molar-refractivity contribution in [3.63, 3.8) is 0 Å². The molecule has 4 N–H and O–H groups in total. The van der Waals surface area contributed by atoms with Crippen LogP contribution in [0, 0.1) is 0 Å². The SMILES string of the molecule is CCCNc1cc(NCc2nncn2C)nc(N)n1. The zero-order chi connectivity index (χ0) is 13.7. The van der Waals surface area contributed by atoms with E-state index in [4.69, 9.17) is 5.73 Å². The Morgan fingerprint density at radius 2 is 2.00 bits per heavy atom. The molecule has 0 aliphatic carbocycles. The van der Waals surface area contributed by atoms with Crippen molar-refractivity contribution in [3.05, 3.63) is 18.2 Å². The smallest absolute Gasteiger partial charge is 0.223 e. The van der Waals surface area contributed by atoms with Crippen LogP contribution in [0.4, 0.5) is 17.6 Å². The third-order valence-corrected chi connectivity index (χ3v) is 2.53. The number of nitrogens with zero attached hydrogens (tertiary/aromatic N) is 5. The molecule has 2 aromatic heterocycles. The van der Waals surface area contributed by atoms with Crippen LogP contribution in [0.2, 0.25) is 0 Å². The van der Waals surface area contributed by atoms with Crippen molar-refractivity contribution >= 4 is 17.6 Å². The second kappa shape index (κ2) is 5.98. The van der Waals surface area contributed by atoms with Crippen molar-refractivity contribution in [1.29, 1.82) is 0 Å². The highest BCUT2D eigenvalue weighted by Crippen LogP contribution is 2.13. The van der Waals surface area contributed by atoms with Gasteiger partial charge in [-0.25, -0.2) is 0 Å². The van der Waals surface area contributed by atoms with Gasteiger partial charge in [0.15, 0.2) is 5.82 Å². The lowest BCUT2D eigenvalue weighted by molar-refractivity contribution is 0.810. The molecule has 8 nitrogen and oxygen atoms in total. The van der Waals surface area contributed by atoms with E-state index in [1.807, 2.05) is 17.7 Å². The summed E-state index contributed by atoms with van der Waals surface area (Å²) >= 11 is 0. The summed E-state index contributed by atoms with van der Waals surface area (Å²) < 4.78 is 1.84. The van der Waals surface area contributed by atoms with Crippen molar-refractivity contribution in [3.8, 4) is 0 Å². The van der Waals surface area contributed by atoms with Gasteiger partial charge in [0.1, 0.15) is 18.0 Å². The molecule has 2 heterocycles. The van der Waals surface area contributed by atoms with Gasteiger partial charge in [-0.05, 0) is 6.42 Å². The maximum atomic E-state index is 5.67. The maximum absolute atomic E-state index is 5.67. The first-order valence-corrected chi connectivity index (χ1v) is 6.14. The Bertz CT molecular complexity index is 535. The van der Waals surface area contributed by atoms with Crippen LogP contribution in [0.3, 0.4) is 0 Å². The molecule has 0 radical (unpaired) electrons. The first-order chi connectivity index (χ1) is 9.19. The summed E-state index contributed by atoms with van der Waals surface area (Å²) in [5, 5.41) is 14.1. The molecule has 0 fully saturated rings. The molecule has 0 bridgehead atoms. The van der Waals surface area contributed by atoms with Crippen LogP contribution >= 0.6 is 0 Å². The van der Waals surface area contributed by atoms with E-state index in [1.54, 1.807) is 6.33 Å². The molecule has 0 aromatic carbocycles. The van der Waals surface area contributed by atoms with Gasteiger partial charge >= 0.3 is 0 Å². The lowest BCUT2D eigenvalue weighted by Crippen LogP contribution is -2.10. The highest BCUT2D eigenvalue weighted by molar-refractivity contribution is 5.50. The summed E-state index contributed by atoms with van der Waals surface area (Å²) in [4.78, 5) is 8.25. The topological polar surface area (TPSA) is 107 Å². The molecule has 0 saturated heterocycles. The molecule has 0 spiro atoms. The van der Waals surface area contributed by atoms with E-state index in [0.717, 1.165) is 24.6 Å². The van der Waals surface area contributed by atoms with Crippen LogP contribution in [0.5, 0.6) is 0 Å². The Balaban J connectivity index is 2.03. The maximum Gasteiger partial charge on any atom is 0.223 e. The molecule has 19 heavy (non-hydrogen) atoms. The zero-order valence-electron chi connectivity index (χ0n) is 11.1. The van der Waals surface area contributed by atoms with E-state index >= 15 is 0 Å². The van der Waals surface area contributed by atoms with E-state index in [-0.39, 0.29) is 5.95 Å². The average Bonchev–Trinajstić information content (AvgIpc) is 2.79. The van der Waals surface area contributed by atoms with Crippen LogP contribution in [0.1, 0.15) is 19.2 Å². The summed E-state index contributed by atoms with van der Waals surface area (Å²) in [5.41, 5.74) is 5.67. The Labute approximate surface area is 111 Å². The van der Waals surface area contributed by atoms with Crippen LogP contribution in [0.15, 0.2) is 12.4 Å². The van der Waals surface area contributed by atoms with Gasteiger partial charge in [0.25, 0.3) is 0 Å². The van der Waals surface area contributed by atoms with Gasteiger partial charge in [0.2, 0.25) is 5.95 Å². The minimum atomic E-state index is 0.238. The number of aryl methyl sites for hydroxylation is 1. The lowest BCUT2D eigenvalue weighted by atomic mass is 10.4. The predicted octanol–water partition coefficient (Wildman–Crippen LogP) is 0.621. The van der Waals surface area contributed by atoms with Gasteiger partial charge in [0, 0.05) is 19.7 Å².